The highest BCUT2D eigenvalue weighted by Crippen LogP contribution is 2.19. The summed E-state index contributed by atoms with van der Waals surface area (Å²) < 4.78 is 39.9. The number of amides is 1. The molecule has 1 atom stereocenters. The van der Waals surface area contributed by atoms with Gasteiger partial charge in [-0.3, -0.25) is 14.9 Å². The molecule has 1 aromatic carbocycles. The van der Waals surface area contributed by atoms with E-state index in [9.17, 15) is 18.0 Å². The Balaban J connectivity index is 1.59. The average molecular weight is 487 g/mol. The monoisotopic (exact) mass is 486 g/mol. The fraction of sp³-hybridized carbons (Fsp3) is 0.346. The minimum Gasteiger partial charge on any atom is -0.295 e. The summed E-state index contributed by atoms with van der Waals surface area (Å²) in [5.41, 5.74) is 4.75. The van der Waals surface area contributed by atoms with Crippen LogP contribution in [0.5, 0.6) is 0 Å². The molecule has 0 aliphatic rings. The lowest BCUT2D eigenvalue weighted by Crippen LogP contribution is -2.30. The smallest absolute Gasteiger partial charge is 0.246 e. The van der Waals surface area contributed by atoms with Gasteiger partial charge in [0.25, 0.3) is 0 Å². The predicted molar refractivity (Wildman–Crippen MR) is 125 cm³/mol. The van der Waals surface area contributed by atoms with Gasteiger partial charge in [0, 0.05) is 31.4 Å². The van der Waals surface area contributed by atoms with Crippen molar-refractivity contribution in [3.63, 3.8) is 0 Å². The molecule has 2 N–H and O–H groups in total. The molecule has 6 nitrogen and oxygen atoms in total. The summed E-state index contributed by atoms with van der Waals surface area (Å²) in [4.78, 5) is 21.7. The Morgan fingerprint density at radius 1 is 0.943 bits per heavy atom. The molecule has 0 saturated carbocycles. The van der Waals surface area contributed by atoms with Crippen molar-refractivity contribution in [2.24, 2.45) is 5.92 Å². The summed E-state index contributed by atoms with van der Waals surface area (Å²) in [7, 11) is 0. The lowest BCUT2D eigenvalue weighted by atomic mass is 9.92. The lowest BCUT2D eigenvalue weighted by Gasteiger charge is -2.23. The maximum Gasteiger partial charge on any atom is 0.246 e. The van der Waals surface area contributed by atoms with Crippen LogP contribution in [-0.2, 0) is 24.3 Å². The number of carbonyl (C=O) groups is 1. The van der Waals surface area contributed by atoms with Crippen LogP contribution in [0.4, 0.5) is 13.2 Å². The van der Waals surface area contributed by atoms with E-state index in [4.69, 9.17) is 5.21 Å². The van der Waals surface area contributed by atoms with Crippen molar-refractivity contribution < 1.29 is 23.2 Å². The number of nitrogens with zero attached hydrogens (tertiary/aromatic N) is 3. The highest BCUT2D eigenvalue weighted by molar-refractivity contribution is 5.77. The molecule has 3 aromatic rings. The first-order valence-corrected chi connectivity index (χ1v) is 11.5. The summed E-state index contributed by atoms with van der Waals surface area (Å²) in [5.74, 6) is -2.33. The molecule has 2 aromatic heterocycles. The second kappa shape index (κ2) is 13.0. The summed E-state index contributed by atoms with van der Waals surface area (Å²) in [5, 5.41) is 9.16. The fourth-order valence-corrected chi connectivity index (χ4v) is 3.99. The number of hydrogen-bond donors (Lipinski definition) is 2. The van der Waals surface area contributed by atoms with Gasteiger partial charge in [0.05, 0.1) is 0 Å². The quantitative estimate of drug-likeness (QED) is 0.167. The Bertz CT molecular complexity index is 1050. The maximum absolute atomic E-state index is 13.6. The van der Waals surface area contributed by atoms with E-state index in [-0.39, 0.29) is 5.82 Å². The van der Waals surface area contributed by atoms with Crippen LogP contribution < -0.4 is 5.48 Å². The Hall–Kier alpha value is -3.30. The molecule has 186 valence electrons. The first kappa shape index (κ1) is 26.3. The minimum atomic E-state index is -0.549. The zero-order valence-corrected chi connectivity index (χ0v) is 19.6. The molecular weight excluding hydrogens is 457 g/mol. The van der Waals surface area contributed by atoms with Gasteiger partial charge in [-0.1, -0.05) is 30.7 Å². The first-order chi connectivity index (χ1) is 16.8. The largest absolute Gasteiger partial charge is 0.295 e. The molecule has 9 heteroatoms. The summed E-state index contributed by atoms with van der Waals surface area (Å²) >= 11 is 0. The Morgan fingerprint density at radius 2 is 1.54 bits per heavy atom. The normalized spacial score (nSPS) is 12.1. The van der Waals surface area contributed by atoms with E-state index in [0.29, 0.717) is 44.5 Å². The number of rotatable bonds is 12. The van der Waals surface area contributed by atoms with E-state index < -0.39 is 23.7 Å². The standard InChI is InChI=1S/C26H29F3N4O2/c1-18-12-19(5-8-23(18)27)13-22(26(34)32-35)4-2-3-11-33(16-20-6-9-24(28)30-14-20)17-21-7-10-25(29)31-15-21/h5-10,12,14-15,22,35H,2-4,11,13,16-17H2,1H3,(H,32,34)/t22-/m0/s1. The molecule has 0 aliphatic carbocycles. The van der Waals surface area contributed by atoms with Gasteiger partial charge >= 0.3 is 0 Å². The summed E-state index contributed by atoms with van der Waals surface area (Å²) in [6, 6.07) is 10.7. The first-order valence-electron chi connectivity index (χ1n) is 11.5. The number of nitrogens with one attached hydrogen (secondary N) is 1. The molecule has 0 saturated heterocycles. The van der Waals surface area contributed by atoms with Crippen molar-refractivity contribution in [1.29, 1.82) is 0 Å². The van der Waals surface area contributed by atoms with Crippen LogP contribution in [-0.4, -0.2) is 32.5 Å². The van der Waals surface area contributed by atoms with E-state index in [2.05, 4.69) is 14.9 Å². The molecule has 0 radical (unpaired) electrons. The van der Waals surface area contributed by atoms with Crippen LogP contribution in [0.25, 0.3) is 0 Å². The molecule has 0 aliphatic heterocycles. The highest BCUT2D eigenvalue weighted by atomic mass is 19.1. The number of benzene rings is 1. The van der Waals surface area contributed by atoms with E-state index in [1.54, 1.807) is 36.7 Å². The number of aromatic nitrogens is 2. The van der Waals surface area contributed by atoms with Gasteiger partial charge in [0.15, 0.2) is 0 Å². The van der Waals surface area contributed by atoms with E-state index in [0.717, 1.165) is 23.1 Å². The van der Waals surface area contributed by atoms with Gasteiger partial charge in [-0.25, -0.2) is 19.8 Å². The van der Waals surface area contributed by atoms with Crippen LogP contribution in [0, 0.1) is 30.6 Å². The van der Waals surface area contributed by atoms with Gasteiger partial charge in [0.2, 0.25) is 17.8 Å². The van der Waals surface area contributed by atoms with Crippen LogP contribution >= 0.6 is 0 Å². The SMILES string of the molecule is Cc1cc(C[C@H](CCCCN(Cc2ccc(F)nc2)Cc2ccc(F)nc2)C(=O)NO)ccc1F. The lowest BCUT2D eigenvalue weighted by molar-refractivity contribution is -0.133. The van der Waals surface area contributed by atoms with Crippen molar-refractivity contribution >= 4 is 5.91 Å². The molecule has 1 amide bonds. The number of aryl methyl sites for hydroxylation is 1. The minimum absolute atomic E-state index is 0.301. The second-order valence-corrected chi connectivity index (χ2v) is 8.65. The van der Waals surface area contributed by atoms with Gasteiger partial charge < -0.3 is 0 Å². The predicted octanol–water partition coefficient (Wildman–Crippen LogP) is 4.74. The topological polar surface area (TPSA) is 78.4 Å². The Kier molecular flexibility index (Phi) is 9.75. The van der Waals surface area contributed by atoms with E-state index in [1.807, 2.05) is 0 Å². The molecule has 0 unspecified atom stereocenters. The van der Waals surface area contributed by atoms with Crippen molar-refractivity contribution in [2.45, 2.75) is 45.7 Å². The van der Waals surface area contributed by atoms with Gasteiger partial charge in [-0.2, -0.15) is 8.78 Å². The van der Waals surface area contributed by atoms with Crippen LogP contribution in [0.15, 0.2) is 54.9 Å². The third-order valence-electron chi connectivity index (χ3n) is 5.85. The van der Waals surface area contributed by atoms with Gasteiger partial charge in [-0.15, -0.1) is 0 Å². The molecule has 3 rings (SSSR count). The number of hydrogen-bond acceptors (Lipinski definition) is 5. The average Bonchev–Trinajstić information content (AvgIpc) is 2.85. The number of hydroxylamine groups is 1. The van der Waals surface area contributed by atoms with Crippen LogP contribution in [0.3, 0.4) is 0 Å². The van der Waals surface area contributed by atoms with E-state index >= 15 is 0 Å². The number of carbonyl (C=O) groups excluding carboxylic acids is 1. The van der Waals surface area contributed by atoms with Crippen molar-refractivity contribution in [3.8, 4) is 0 Å². The maximum atomic E-state index is 13.6. The number of pyridine rings is 2. The molecule has 2 heterocycles. The molecule has 0 spiro atoms. The second-order valence-electron chi connectivity index (χ2n) is 8.65. The fourth-order valence-electron chi connectivity index (χ4n) is 3.99. The molecular formula is C26H29F3N4O2. The van der Waals surface area contributed by atoms with Gasteiger partial charge in [-0.05, 0) is 73.2 Å². The number of unbranched alkanes of at least 4 members (excludes halogenated alkanes) is 1. The van der Waals surface area contributed by atoms with Crippen molar-refractivity contribution in [1.82, 2.24) is 20.3 Å². The molecule has 0 bridgehead atoms. The zero-order chi connectivity index (χ0) is 25.2. The summed E-state index contributed by atoms with van der Waals surface area (Å²) in [6.45, 7) is 3.36. The zero-order valence-electron chi connectivity index (χ0n) is 19.6. The Morgan fingerprint density at radius 3 is 2.06 bits per heavy atom. The van der Waals surface area contributed by atoms with E-state index in [1.165, 1.54) is 30.6 Å². The van der Waals surface area contributed by atoms with Gasteiger partial charge in [0.1, 0.15) is 5.82 Å². The van der Waals surface area contributed by atoms with Crippen molar-refractivity contribution in [2.75, 3.05) is 6.54 Å². The van der Waals surface area contributed by atoms with Crippen molar-refractivity contribution in [3.05, 3.63) is 94.8 Å². The van der Waals surface area contributed by atoms with Crippen LogP contribution in [0.1, 0.15) is 41.5 Å². The Labute approximate surface area is 202 Å². The molecule has 0 fully saturated rings. The third-order valence-corrected chi connectivity index (χ3v) is 5.85. The number of halogens is 3. The van der Waals surface area contributed by atoms with Crippen LogP contribution in [0.2, 0.25) is 0 Å². The molecule has 35 heavy (non-hydrogen) atoms. The third kappa shape index (κ3) is 8.45. The highest BCUT2D eigenvalue weighted by Gasteiger charge is 2.19. The summed E-state index contributed by atoms with van der Waals surface area (Å²) in [6.07, 6.45) is 5.35.